The first-order chi connectivity index (χ1) is 15.8. The van der Waals surface area contributed by atoms with Gasteiger partial charge in [0, 0.05) is 23.3 Å². The van der Waals surface area contributed by atoms with Gasteiger partial charge in [-0.15, -0.1) is 0 Å². The SMILES string of the molecule is [2H]C([2H])(Cc1ccc(O[C@@H]2OC(C)(C)[C@H](OC)[C@@H](O)[C@H]2O)cc1-c1cccc(F)c1)NC(C)=O. The van der Waals surface area contributed by atoms with E-state index in [2.05, 4.69) is 5.32 Å². The number of aryl methyl sites for hydroxylation is 1. The number of benzene rings is 2. The molecule has 0 aromatic heterocycles. The molecule has 4 atom stereocenters. The van der Waals surface area contributed by atoms with Crippen LogP contribution in [0.2, 0.25) is 0 Å². The predicted molar refractivity (Wildman–Crippen MR) is 117 cm³/mol. The average Bonchev–Trinajstić information content (AvgIpc) is 2.71. The van der Waals surface area contributed by atoms with Crippen molar-refractivity contribution in [2.75, 3.05) is 13.6 Å². The number of methoxy groups -OCH3 is 1. The number of carbonyl (C=O) groups is 1. The minimum Gasteiger partial charge on any atom is -0.462 e. The summed E-state index contributed by atoms with van der Waals surface area (Å²) < 4.78 is 47.2. The third-order valence-electron chi connectivity index (χ3n) is 5.31. The molecule has 0 saturated carbocycles. The number of ether oxygens (including phenoxy) is 3. The standard InChI is InChI=1S/C24H30FNO6/c1-14(27)26-11-10-15-8-9-18(13-19(15)16-6-5-7-17(25)12-16)31-23-21(29)20(28)22(30-4)24(2,3)32-23/h5-9,12-13,20-23,28-29H,10-11H2,1-4H3,(H,26,27)/t20-,21+,22+,23+/m0/s1/i11D2. The van der Waals surface area contributed by atoms with Crippen LogP contribution in [0.1, 0.15) is 29.1 Å². The maximum Gasteiger partial charge on any atom is 0.229 e. The Bertz CT molecular complexity index is 1030. The first-order valence-corrected chi connectivity index (χ1v) is 10.2. The summed E-state index contributed by atoms with van der Waals surface area (Å²) in [5.74, 6) is -0.733. The molecule has 174 valence electrons. The number of hydrogen-bond acceptors (Lipinski definition) is 6. The molecule has 1 aliphatic rings. The summed E-state index contributed by atoms with van der Waals surface area (Å²) in [6.45, 7) is 2.60. The van der Waals surface area contributed by atoms with Crippen LogP contribution < -0.4 is 10.1 Å². The van der Waals surface area contributed by atoms with Crippen LogP contribution in [-0.4, -0.2) is 59.9 Å². The predicted octanol–water partition coefficient (Wildman–Crippen LogP) is 2.42. The number of aliphatic hydroxyl groups is 2. The van der Waals surface area contributed by atoms with Crippen molar-refractivity contribution in [1.82, 2.24) is 5.32 Å². The van der Waals surface area contributed by atoms with Crippen molar-refractivity contribution in [3.8, 4) is 16.9 Å². The lowest BCUT2D eigenvalue weighted by Crippen LogP contribution is -2.63. The molecule has 0 radical (unpaired) electrons. The molecule has 0 spiro atoms. The van der Waals surface area contributed by atoms with Crippen molar-refractivity contribution in [3.63, 3.8) is 0 Å². The van der Waals surface area contributed by atoms with Crippen molar-refractivity contribution < 1.29 is 36.4 Å². The molecule has 1 heterocycles. The molecule has 0 bridgehead atoms. The third kappa shape index (κ3) is 5.45. The molecule has 1 fully saturated rings. The molecule has 0 aliphatic carbocycles. The van der Waals surface area contributed by atoms with Gasteiger partial charge >= 0.3 is 0 Å². The van der Waals surface area contributed by atoms with E-state index in [1.807, 2.05) is 0 Å². The van der Waals surface area contributed by atoms with E-state index >= 15 is 0 Å². The van der Waals surface area contributed by atoms with Crippen LogP contribution >= 0.6 is 0 Å². The Hall–Kier alpha value is -2.52. The summed E-state index contributed by atoms with van der Waals surface area (Å²) in [6.07, 6.45) is -4.82. The molecule has 2 aromatic carbocycles. The minimum absolute atomic E-state index is 0.178. The van der Waals surface area contributed by atoms with Gasteiger partial charge in [-0.3, -0.25) is 4.79 Å². The molecular formula is C24H30FNO6. The fraction of sp³-hybridized carbons (Fsp3) is 0.458. The maximum absolute atomic E-state index is 14.0. The van der Waals surface area contributed by atoms with Crippen LogP contribution in [0.25, 0.3) is 11.1 Å². The zero-order valence-corrected chi connectivity index (χ0v) is 18.5. The second-order valence-electron chi connectivity index (χ2n) is 8.21. The molecule has 1 amide bonds. The zero-order valence-electron chi connectivity index (χ0n) is 20.5. The van der Waals surface area contributed by atoms with Crippen LogP contribution in [0.5, 0.6) is 5.75 Å². The van der Waals surface area contributed by atoms with Crippen LogP contribution in [0.15, 0.2) is 42.5 Å². The van der Waals surface area contributed by atoms with Gasteiger partial charge < -0.3 is 29.7 Å². The van der Waals surface area contributed by atoms with Gasteiger partial charge in [-0.2, -0.15) is 0 Å². The van der Waals surface area contributed by atoms with Crippen molar-refractivity contribution >= 4 is 5.91 Å². The second-order valence-corrected chi connectivity index (χ2v) is 8.21. The van der Waals surface area contributed by atoms with E-state index in [0.29, 0.717) is 16.7 Å². The Morgan fingerprint density at radius 3 is 2.66 bits per heavy atom. The highest BCUT2D eigenvalue weighted by Gasteiger charge is 2.50. The molecule has 2 aromatic rings. The quantitative estimate of drug-likeness (QED) is 0.601. The van der Waals surface area contributed by atoms with Gasteiger partial charge in [0.05, 0.1) is 5.60 Å². The number of aliphatic hydroxyl groups excluding tert-OH is 2. The van der Waals surface area contributed by atoms with E-state index in [0.717, 1.165) is 0 Å². The number of hydrogen-bond donors (Lipinski definition) is 3. The first-order valence-electron chi connectivity index (χ1n) is 11.2. The van der Waals surface area contributed by atoms with E-state index < -0.39 is 48.4 Å². The largest absolute Gasteiger partial charge is 0.462 e. The summed E-state index contributed by atoms with van der Waals surface area (Å²) in [7, 11) is 1.41. The highest BCUT2D eigenvalue weighted by Crippen LogP contribution is 2.34. The van der Waals surface area contributed by atoms with E-state index in [-0.39, 0.29) is 12.2 Å². The van der Waals surface area contributed by atoms with Gasteiger partial charge in [-0.05, 0) is 61.2 Å². The Kier molecular flexibility index (Phi) is 6.64. The molecule has 0 unspecified atom stereocenters. The van der Waals surface area contributed by atoms with Crippen LogP contribution in [0, 0.1) is 5.82 Å². The highest BCUT2D eigenvalue weighted by atomic mass is 19.1. The van der Waals surface area contributed by atoms with Crippen LogP contribution in [-0.2, 0) is 20.7 Å². The lowest BCUT2D eigenvalue weighted by molar-refractivity contribution is -0.305. The Morgan fingerprint density at radius 2 is 2.00 bits per heavy atom. The monoisotopic (exact) mass is 449 g/mol. The number of rotatable bonds is 7. The van der Waals surface area contributed by atoms with Crippen LogP contribution in [0.3, 0.4) is 0 Å². The smallest absolute Gasteiger partial charge is 0.229 e. The van der Waals surface area contributed by atoms with Gasteiger partial charge in [0.15, 0.2) is 0 Å². The van der Waals surface area contributed by atoms with Crippen molar-refractivity contribution in [2.24, 2.45) is 0 Å². The van der Waals surface area contributed by atoms with Gasteiger partial charge in [-0.1, -0.05) is 18.2 Å². The molecule has 3 N–H and O–H groups in total. The summed E-state index contributed by atoms with van der Waals surface area (Å²) in [5.41, 5.74) is 0.495. The summed E-state index contributed by atoms with van der Waals surface area (Å²) in [6, 6.07) is 10.5. The third-order valence-corrected chi connectivity index (χ3v) is 5.31. The molecule has 7 nitrogen and oxygen atoms in total. The highest BCUT2D eigenvalue weighted by molar-refractivity contribution is 5.73. The lowest BCUT2D eigenvalue weighted by atomic mass is 9.89. The van der Waals surface area contributed by atoms with Gasteiger partial charge in [0.25, 0.3) is 0 Å². The molecule has 1 saturated heterocycles. The first kappa shape index (κ1) is 21.3. The lowest BCUT2D eigenvalue weighted by Gasteiger charge is -2.46. The number of carbonyl (C=O) groups excluding carboxylic acids is 1. The Morgan fingerprint density at radius 1 is 1.25 bits per heavy atom. The molecule has 1 aliphatic heterocycles. The van der Waals surface area contributed by atoms with Crippen molar-refractivity contribution in [2.45, 2.75) is 57.4 Å². The van der Waals surface area contributed by atoms with Gasteiger partial charge in [0.1, 0.15) is 29.9 Å². The summed E-state index contributed by atoms with van der Waals surface area (Å²) in [4.78, 5) is 11.4. The summed E-state index contributed by atoms with van der Waals surface area (Å²) >= 11 is 0. The molecule has 3 rings (SSSR count). The Labute approximate surface area is 189 Å². The fourth-order valence-corrected chi connectivity index (χ4v) is 3.81. The molecular weight excluding hydrogens is 417 g/mol. The van der Waals surface area contributed by atoms with Gasteiger partial charge in [-0.25, -0.2) is 4.39 Å². The summed E-state index contributed by atoms with van der Waals surface area (Å²) in [5, 5.41) is 23.3. The van der Waals surface area contributed by atoms with Gasteiger partial charge in [0.2, 0.25) is 12.2 Å². The van der Waals surface area contributed by atoms with E-state index in [4.69, 9.17) is 17.0 Å². The van der Waals surface area contributed by atoms with E-state index in [9.17, 15) is 19.4 Å². The van der Waals surface area contributed by atoms with E-state index in [1.54, 1.807) is 38.1 Å². The minimum atomic E-state index is -2.04. The normalized spacial score (nSPS) is 26.1. The van der Waals surface area contributed by atoms with E-state index in [1.165, 1.54) is 32.2 Å². The number of nitrogens with one attached hydrogen (secondary N) is 1. The average molecular weight is 450 g/mol. The molecule has 8 heteroatoms. The molecule has 32 heavy (non-hydrogen) atoms. The second kappa shape index (κ2) is 9.95. The zero-order chi connectivity index (χ0) is 25.3. The number of amides is 1. The topological polar surface area (TPSA) is 97.2 Å². The maximum atomic E-state index is 14.0. The van der Waals surface area contributed by atoms with Crippen molar-refractivity contribution in [1.29, 1.82) is 0 Å². The fourth-order valence-electron chi connectivity index (χ4n) is 3.81. The number of halogens is 1. The van der Waals surface area contributed by atoms with Crippen LogP contribution in [0.4, 0.5) is 4.39 Å². The Balaban J connectivity index is 1.95. The van der Waals surface area contributed by atoms with Crippen molar-refractivity contribution in [3.05, 3.63) is 53.8 Å².